The molecule has 1 fully saturated rings. The van der Waals surface area contributed by atoms with Crippen molar-refractivity contribution in [2.45, 2.75) is 37.8 Å². The standard InChI is InChI=1S/C15H23NO2/c17-11-10-16(14-8-4-5-9-14)12-15(18)13-6-2-1-3-7-13/h1-3,6-7,14-15,17-18H,4-5,8-12H2. The Morgan fingerprint density at radius 1 is 1.17 bits per heavy atom. The van der Waals surface area contributed by atoms with Crippen LogP contribution in [0.5, 0.6) is 0 Å². The molecule has 18 heavy (non-hydrogen) atoms. The van der Waals surface area contributed by atoms with Crippen LogP contribution in [-0.2, 0) is 0 Å². The van der Waals surface area contributed by atoms with Gasteiger partial charge in [0.15, 0.2) is 0 Å². The molecule has 0 aliphatic heterocycles. The highest BCUT2D eigenvalue weighted by Crippen LogP contribution is 2.25. The highest BCUT2D eigenvalue weighted by Gasteiger charge is 2.24. The van der Waals surface area contributed by atoms with Crippen molar-refractivity contribution in [3.63, 3.8) is 0 Å². The third-order valence-corrected chi connectivity index (χ3v) is 3.82. The van der Waals surface area contributed by atoms with E-state index in [-0.39, 0.29) is 6.61 Å². The van der Waals surface area contributed by atoms with E-state index in [9.17, 15) is 5.11 Å². The van der Waals surface area contributed by atoms with Gasteiger partial charge in [-0.05, 0) is 18.4 Å². The van der Waals surface area contributed by atoms with Gasteiger partial charge in [-0.2, -0.15) is 0 Å². The van der Waals surface area contributed by atoms with E-state index in [1.165, 1.54) is 25.7 Å². The maximum Gasteiger partial charge on any atom is 0.0917 e. The highest BCUT2D eigenvalue weighted by molar-refractivity contribution is 5.17. The van der Waals surface area contributed by atoms with Gasteiger partial charge in [-0.3, -0.25) is 4.90 Å². The van der Waals surface area contributed by atoms with Crippen molar-refractivity contribution in [3.8, 4) is 0 Å². The minimum Gasteiger partial charge on any atom is -0.395 e. The van der Waals surface area contributed by atoms with E-state index in [0.29, 0.717) is 19.1 Å². The number of rotatable bonds is 6. The Hall–Kier alpha value is -0.900. The molecule has 0 bridgehead atoms. The highest BCUT2D eigenvalue weighted by atomic mass is 16.3. The maximum atomic E-state index is 10.3. The van der Waals surface area contributed by atoms with Gasteiger partial charge in [0.25, 0.3) is 0 Å². The summed E-state index contributed by atoms with van der Waals surface area (Å²) in [4.78, 5) is 2.24. The topological polar surface area (TPSA) is 43.7 Å². The third-order valence-electron chi connectivity index (χ3n) is 3.82. The molecule has 2 N–H and O–H groups in total. The Labute approximate surface area is 109 Å². The number of hydrogen-bond donors (Lipinski definition) is 2. The number of hydrogen-bond acceptors (Lipinski definition) is 3. The Balaban J connectivity index is 1.95. The first-order chi connectivity index (χ1) is 8.81. The SMILES string of the molecule is OCCN(CC(O)c1ccccc1)C1CCCC1. The Kier molecular flexibility index (Phi) is 5.17. The molecule has 3 nitrogen and oxygen atoms in total. The molecule has 0 saturated heterocycles. The fraction of sp³-hybridized carbons (Fsp3) is 0.600. The van der Waals surface area contributed by atoms with Crippen molar-refractivity contribution in [1.29, 1.82) is 0 Å². The van der Waals surface area contributed by atoms with Crippen molar-refractivity contribution < 1.29 is 10.2 Å². The zero-order valence-electron chi connectivity index (χ0n) is 10.8. The van der Waals surface area contributed by atoms with Crippen molar-refractivity contribution in [2.24, 2.45) is 0 Å². The van der Waals surface area contributed by atoms with Crippen LogP contribution in [-0.4, -0.2) is 40.9 Å². The lowest BCUT2D eigenvalue weighted by Crippen LogP contribution is -2.38. The van der Waals surface area contributed by atoms with Crippen LogP contribution in [0.3, 0.4) is 0 Å². The largest absolute Gasteiger partial charge is 0.395 e. The van der Waals surface area contributed by atoms with Crippen LogP contribution in [0.2, 0.25) is 0 Å². The first kappa shape index (κ1) is 13.5. The van der Waals surface area contributed by atoms with Crippen molar-refractivity contribution in [2.75, 3.05) is 19.7 Å². The van der Waals surface area contributed by atoms with E-state index in [0.717, 1.165) is 5.56 Å². The molecule has 0 radical (unpaired) electrons. The van der Waals surface area contributed by atoms with E-state index in [1.54, 1.807) is 0 Å². The van der Waals surface area contributed by atoms with Gasteiger partial charge >= 0.3 is 0 Å². The molecular formula is C15H23NO2. The first-order valence-electron chi connectivity index (χ1n) is 6.89. The van der Waals surface area contributed by atoms with E-state index in [2.05, 4.69) is 4.90 Å². The average Bonchev–Trinajstić information content (AvgIpc) is 2.93. The van der Waals surface area contributed by atoms with E-state index in [4.69, 9.17) is 5.11 Å². The average molecular weight is 249 g/mol. The molecule has 1 unspecified atom stereocenters. The van der Waals surface area contributed by atoms with Crippen molar-refractivity contribution in [1.82, 2.24) is 4.90 Å². The van der Waals surface area contributed by atoms with Crippen LogP contribution >= 0.6 is 0 Å². The zero-order valence-corrected chi connectivity index (χ0v) is 10.8. The zero-order chi connectivity index (χ0) is 12.8. The van der Waals surface area contributed by atoms with Gasteiger partial charge in [-0.25, -0.2) is 0 Å². The molecule has 1 aliphatic carbocycles. The monoisotopic (exact) mass is 249 g/mol. The predicted octanol–water partition coefficient (Wildman–Crippen LogP) is 1.96. The van der Waals surface area contributed by atoms with Crippen LogP contribution in [0.4, 0.5) is 0 Å². The molecule has 1 saturated carbocycles. The molecule has 1 aromatic carbocycles. The summed E-state index contributed by atoms with van der Waals surface area (Å²) in [6.45, 7) is 1.45. The summed E-state index contributed by atoms with van der Waals surface area (Å²) in [5, 5.41) is 19.4. The van der Waals surface area contributed by atoms with Gasteiger partial charge in [-0.15, -0.1) is 0 Å². The third kappa shape index (κ3) is 3.55. The fourth-order valence-electron chi connectivity index (χ4n) is 2.82. The smallest absolute Gasteiger partial charge is 0.0917 e. The summed E-state index contributed by atoms with van der Waals surface area (Å²) in [6, 6.07) is 10.3. The van der Waals surface area contributed by atoms with Crippen LogP contribution in [0.25, 0.3) is 0 Å². The van der Waals surface area contributed by atoms with Crippen LogP contribution in [0.1, 0.15) is 37.4 Å². The molecular weight excluding hydrogens is 226 g/mol. The molecule has 0 amide bonds. The maximum absolute atomic E-state index is 10.3. The van der Waals surface area contributed by atoms with E-state index >= 15 is 0 Å². The van der Waals surface area contributed by atoms with Gasteiger partial charge in [-0.1, -0.05) is 43.2 Å². The lowest BCUT2D eigenvalue weighted by molar-refractivity contribution is 0.0742. The molecule has 0 spiro atoms. The van der Waals surface area contributed by atoms with Crippen molar-refractivity contribution in [3.05, 3.63) is 35.9 Å². The van der Waals surface area contributed by atoms with Gasteiger partial charge in [0.2, 0.25) is 0 Å². The van der Waals surface area contributed by atoms with Crippen LogP contribution in [0.15, 0.2) is 30.3 Å². The fourth-order valence-corrected chi connectivity index (χ4v) is 2.82. The molecule has 0 aromatic heterocycles. The molecule has 2 rings (SSSR count). The first-order valence-corrected chi connectivity index (χ1v) is 6.89. The van der Waals surface area contributed by atoms with Crippen LogP contribution in [0, 0.1) is 0 Å². The minimum atomic E-state index is -0.460. The second-order valence-electron chi connectivity index (χ2n) is 5.08. The Morgan fingerprint density at radius 3 is 2.44 bits per heavy atom. The Morgan fingerprint density at radius 2 is 1.83 bits per heavy atom. The minimum absolute atomic E-state index is 0.165. The summed E-state index contributed by atoms with van der Waals surface area (Å²) in [7, 11) is 0. The van der Waals surface area contributed by atoms with E-state index in [1.807, 2.05) is 30.3 Å². The summed E-state index contributed by atoms with van der Waals surface area (Å²) in [5.74, 6) is 0. The van der Waals surface area contributed by atoms with Gasteiger partial charge in [0.1, 0.15) is 0 Å². The second kappa shape index (κ2) is 6.88. The second-order valence-corrected chi connectivity index (χ2v) is 5.08. The lowest BCUT2D eigenvalue weighted by atomic mass is 10.1. The van der Waals surface area contributed by atoms with Gasteiger partial charge in [0.05, 0.1) is 12.7 Å². The van der Waals surface area contributed by atoms with Crippen molar-refractivity contribution >= 4 is 0 Å². The summed E-state index contributed by atoms with van der Waals surface area (Å²) in [5.41, 5.74) is 0.957. The Bertz CT molecular complexity index is 336. The quantitative estimate of drug-likeness (QED) is 0.810. The molecule has 3 heteroatoms. The van der Waals surface area contributed by atoms with Gasteiger partial charge < -0.3 is 10.2 Å². The number of aliphatic hydroxyl groups is 2. The molecule has 1 aliphatic rings. The number of benzene rings is 1. The molecule has 100 valence electrons. The number of nitrogens with zero attached hydrogens (tertiary/aromatic N) is 1. The van der Waals surface area contributed by atoms with Crippen LogP contribution < -0.4 is 0 Å². The predicted molar refractivity (Wildman–Crippen MR) is 72.3 cm³/mol. The summed E-state index contributed by atoms with van der Waals surface area (Å²) < 4.78 is 0. The van der Waals surface area contributed by atoms with E-state index < -0.39 is 6.10 Å². The van der Waals surface area contributed by atoms with Gasteiger partial charge in [0, 0.05) is 19.1 Å². The number of aliphatic hydroxyl groups excluding tert-OH is 2. The molecule has 0 heterocycles. The lowest BCUT2D eigenvalue weighted by Gasteiger charge is -2.30. The summed E-state index contributed by atoms with van der Waals surface area (Å²) in [6.07, 6.45) is 4.48. The summed E-state index contributed by atoms with van der Waals surface area (Å²) >= 11 is 0. The normalized spacial score (nSPS) is 18.4. The molecule has 1 aromatic rings. The molecule has 1 atom stereocenters.